The summed E-state index contributed by atoms with van der Waals surface area (Å²) in [4.78, 5) is 23.0. The molecule has 6 heteroatoms. The minimum absolute atomic E-state index is 0.0624. The van der Waals surface area contributed by atoms with E-state index in [4.69, 9.17) is 9.47 Å². The van der Waals surface area contributed by atoms with E-state index in [2.05, 4.69) is 10.6 Å². The van der Waals surface area contributed by atoms with E-state index < -0.39 is 6.04 Å². The second-order valence-corrected chi connectivity index (χ2v) is 5.28. The molecule has 1 unspecified atom stereocenters. The number of ether oxygens (including phenoxy) is 2. The van der Waals surface area contributed by atoms with Gasteiger partial charge in [-0.3, -0.25) is 9.59 Å². The fourth-order valence-electron chi connectivity index (χ4n) is 2.69. The summed E-state index contributed by atoms with van der Waals surface area (Å²) in [6.07, 6.45) is 1.64. The molecule has 0 saturated carbocycles. The molecule has 120 valence electrons. The van der Waals surface area contributed by atoms with E-state index in [9.17, 15) is 9.59 Å². The van der Waals surface area contributed by atoms with Gasteiger partial charge in [0, 0.05) is 18.5 Å². The van der Waals surface area contributed by atoms with Crippen LogP contribution in [-0.2, 0) is 16.0 Å². The molecule has 1 saturated heterocycles. The van der Waals surface area contributed by atoms with Crippen molar-refractivity contribution >= 4 is 11.8 Å². The molecule has 1 aliphatic rings. The summed E-state index contributed by atoms with van der Waals surface area (Å²) in [6.45, 7) is 2.43. The lowest BCUT2D eigenvalue weighted by Gasteiger charge is -2.15. The van der Waals surface area contributed by atoms with Crippen molar-refractivity contribution in [1.29, 1.82) is 0 Å². The van der Waals surface area contributed by atoms with Crippen LogP contribution in [0.3, 0.4) is 0 Å². The molecule has 1 aliphatic heterocycles. The maximum Gasteiger partial charge on any atom is 0.242 e. The lowest BCUT2D eigenvalue weighted by Crippen LogP contribution is -2.42. The van der Waals surface area contributed by atoms with E-state index in [0.29, 0.717) is 25.8 Å². The number of nitrogens with one attached hydrogen (secondary N) is 2. The van der Waals surface area contributed by atoms with Gasteiger partial charge in [0.05, 0.1) is 14.2 Å². The first-order valence-electron chi connectivity index (χ1n) is 7.34. The van der Waals surface area contributed by atoms with Crippen LogP contribution in [0.2, 0.25) is 0 Å². The first-order chi connectivity index (χ1) is 10.6. The van der Waals surface area contributed by atoms with Crippen molar-refractivity contribution in [1.82, 2.24) is 10.6 Å². The first kappa shape index (κ1) is 16.1. The molecule has 0 bridgehead atoms. The molecule has 0 aliphatic carbocycles. The zero-order valence-corrected chi connectivity index (χ0v) is 13.2. The lowest BCUT2D eigenvalue weighted by atomic mass is 10.1. The summed E-state index contributed by atoms with van der Waals surface area (Å²) in [5.74, 6) is 1.36. The van der Waals surface area contributed by atoms with Gasteiger partial charge < -0.3 is 20.1 Å². The van der Waals surface area contributed by atoms with Crippen LogP contribution < -0.4 is 20.1 Å². The third-order valence-electron chi connectivity index (χ3n) is 3.87. The normalized spacial score (nSPS) is 17.0. The molecule has 2 rings (SSSR count). The highest BCUT2D eigenvalue weighted by Crippen LogP contribution is 2.31. The number of methoxy groups -OCH3 is 2. The fraction of sp³-hybridized carbons (Fsp3) is 0.500. The number of benzene rings is 1. The fourth-order valence-corrected chi connectivity index (χ4v) is 2.69. The Morgan fingerprint density at radius 1 is 1.36 bits per heavy atom. The van der Waals surface area contributed by atoms with Gasteiger partial charge in [0.1, 0.15) is 17.5 Å². The molecule has 2 N–H and O–H groups in total. The Labute approximate surface area is 130 Å². The number of carbonyl (C=O) groups is 2. The van der Waals surface area contributed by atoms with Crippen LogP contribution in [0.15, 0.2) is 12.1 Å². The molecule has 1 aromatic carbocycles. The lowest BCUT2D eigenvalue weighted by molar-refractivity contribution is -0.125. The van der Waals surface area contributed by atoms with Gasteiger partial charge in [-0.15, -0.1) is 0 Å². The standard InChI is InChI=1S/C16H22N2O4/c1-10-13(21-2)6-4-11(15(10)22-3)8-9-17-16(20)12-5-7-14(19)18-12/h4,6,12H,5,7-9H2,1-3H3,(H,17,20)(H,18,19). The molecule has 0 spiro atoms. The Kier molecular flexibility index (Phi) is 5.25. The van der Waals surface area contributed by atoms with Gasteiger partial charge in [-0.1, -0.05) is 6.07 Å². The molecule has 2 amide bonds. The zero-order chi connectivity index (χ0) is 16.1. The Morgan fingerprint density at radius 3 is 2.73 bits per heavy atom. The number of carbonyl (C=O) groups excluding carboxylic acids is 2. The van der Waals surface area contributed by atoms with Crippen molar-refractivity contribution in [2.24, 2.45) is 0 Å². The topological polar surface area (TPSA) is 76.7 Å². The molecule has 22 heavy (non-hydrogen) atoms. The van der Waals surface area contributed by atoms with E-state index in [1.807, 2.05) is 19.1 Å². The minimum atomic E-state index is -0.396. The molecule has 6 nitrogen and oxygen atoms in total. The number of hydrogen-bond donors (Lipinski definition) is 2. The van der Waals surface area contributed by atoms with Crippen molar-refractivity contribution in [2.75, 3.05) is 20.8 Å². The van der Waals surface area contributed by atoms with E-state index in [0.717, 1.165) is 22.6 Å². The molecular weight excluding hydrogens is 284 g/mol. The highest BCUT2D eigenvalue weighted by Gasteiger charge is 2.26. The average molecular weight is 306 g/mol. The Hall–Kier alpha value is -2.24. The Morgan fingerprint density at radius 2 is 2.14 bits per heavy atom. The summed E-state index contributed by atoms with van der Waals surface area (Å²) in [6, 6.07) is 3.44. The summed E-state index contributed by atoms with van der Waals surface area (Å²) < 4.78 is 10.7. The van der Waals surface area contributed by atoms with Crippen molar-refractivity contribution < 1.29 is 19.1 Å². The second-order valence-electron chi connectivity index (χ2n) is 5.28. The predicted octanol–water partition coefficient (Wildman–Crippen LogP) is 0.950. The first-order valence-corrected chi connectivity index (χ1v) is 7.34. The average Bonchev–Trinajstić information content (AvgIpc) is 2.94. The van der Waals surface area contributed by atoms with Gasteiger partial charge in [-0.25, -0.2) is 0 Å². The Balaban J connectivity index is 1.93. The third kappa shape index (κ3) is 3.50. The summed E-state index contributed by atoms with van der Waals surface area (Å²) in [5.41, 5.74) is 1.95. The maximum atomic E-state index is 11.9. The smallest absolute Gasteiger partial charge is 0.242 e. The quantitative estimate of drug-likeness (QED) is 0.820. The van der Waals surface area contributed by atoms with Crippen molar-refractivity contribution in [2.45, 2.75) is 32.2 Å². The van der Waals surface area contributed by atoms with Crippen LogP contribution in [-0.4, -0.2) is 38.6 Å². The van der Waals surface area contributed by atoms with Gasteiger partial charge in [0.25, 0.3) is 0 Å². The summed E-state index contributed by atoms with van der Waals surface area (Å²) >= 11 is 0. The van der Waals surface area contributed by atoms with Crippen molar-refractivity contribution in [3.63, 3.8) is 0 Å². The van der Waals surface area contributed by atoms with Gasteiger partial charge in [0.2, 0.25) is 11.8 Å². The molecule has 0 aromatic heterocycles. The highest BCUT2D eigenvalue weighted by atomic mass is 16.5. The molecule has 1 fully saturated rings. The van der Waals surface area contributed by atoms with Gasteiger partial charge in [0.15, 0.2) is 0 Å². The van der Waals surface area contributed by atoms with Crippen molar-refractivity contribution in [3.05, 3.63) is 23.3 Å². The number of hydrogen-bond acceptors (Lipinski definition) is 4. The zero-order valence-electron chi connectivity index (χ0n) is 13.2. The monoisotopic (exact) mass is 306 g/mol. The molecule has 1 aromatic rings. The van der Waals surface area contributed by atoms with Crippen LogP contribution in [0.25, 0.3) is 0 Å². The molecular formula is C16H22N2O4. The van der Waals surface area contributed by atoms with E-state index in [1.54, 1.807) is 14.2 Å². The number of rotatable bonds is 6. The third-order valence-corrected chi connectivity index (χ3v) is 3.87. The van der Waals surface area contributed by atoms with Crippen LogP contribution in [0.4, 0.5) is 0 Å². The highest BCUT2D eigenvalue weighted by molar-refractivity contribution is 5.90. The van der Waals surface area contributed by atoms with Crippen LogP contribution in [0, 0.1) is 6.92 Å². The van der Waals surface area contributed by atoms with Crippen LogP contribution >= 0.6 is 0 Å². The van der Waals surface area contributed by atoms with E-state index in [1.165, 1.54) is 0 Å². The minimum Gasteiger partial charge on any atom is -0.496 e. The van der Waals surface area contributed by atoms with Crippen molar-refractivity contribution in [3.8, 4) is 11.5 Å². The van der Waals surface area contributed by atoms with E-state index in [-0.39, 0.29) is 11.8 Å². The number of amides is 2. The molecule has 1 atom stereocenters. The van der Waals surface area contributed by atoms with Crippen LogP contribution in [0.1, 0.15) is 24.0 Å². The molecule has 1 heterocycles. The summed E-state index contributed by atoms with van der Waals surface area (Å²) in [5, 5.41) is 5.51. The SMILES string of the molecule is COc1ccc(CCNC(=O)C2CCC(=O)N2)c(OC)c1C. The largest absolute Gasteiger partial charge is 0.496 e. The van der Waals surface area contributed by atoms with E-state index >= 15 is 0 Å². The molecule has 0 radical (unpaired) electrons. The predicted molar refractivity (Wildman–Crippen MR) is 82.2 cm³/mol. The maximum absolute atomic E-state index is 11.9. The summed E-state index contributed by atoms with van der Waals surface area (Å²) in [7, 11) is 3.25. The Bertz CT molecular complexity index is 572. The van der Waals surface area contributed by atoms with Gasteiger partial charge >= 0.3 is 0 Å². The van der Waals surface area contributed by atoms with Crippen LogP contribution in [0.5, 0.6) is 11.5 Å². The van der Waals surface area contributed by atoms with Gasteiger partial charge in [-0.2, -0.15) is 0 Å². The van der Waals surface area contributed by atoms with Gasteiger partial charge in [-0.05, 0) is 31.4 Å². The second kappa shape index (κ2) is 7.15.